The van der Waals surface area contributed by atoms with E-state index in [0.29, 0.717) is 18.7 Å². The van der Waals surface area contributed by atoms with Crippen LogP contribution in [0.3, 0.4) is 0 Å². The van der Waals surface area contributed by atoms with Crippen LogP contribution in [0.15, 0.2) is 12.3 Å². The second-order valence-corrected chi connectivity index (χ2v) is 3.31. The summed E-state index contributed by atoms with van der Waals surface area (Å²) in [6, 6.07) is 1.72. The number of anilines is 1. The van der Waals surface area contributed by atoms with Gasteiger partial charge in [-0.1, -0.05) is 0 Å². The number of aliphatic hydroxyl groups excluding tert-OH is 1. The number of aryl methyl sites for hydroxylation is 1. The zero-order valence-corrected chi connectivity index (χ0v) is 8.40. The van der Waals surface area contributed by atoms with Gasteiger partial charge in [-0.05, 0) is 13.3 Å². The average molecular weight is 197 g/mol. The van der Waals surface area contributed by atoms with Crippen molar-refractivity contribution in [3.05, 3.63) is 12.3 Å². The molecule has 1 amide bonds. The summed E-state index contributed by atoms with van der Waals surface area (Å²) in [7, 11) is 1.78. The Labute approximate surface area is 82.7 Å². The summed E-state index contributed by atoms with van der Waals surface area (Å²) in [4.78, 5) is 11.3. The lowest BCUT2D eigenvalue weighted by Crippen LogP contribution is -2.14. The van der Waals surface area contributed by atoms with Gasteiger partial charge in [-0.15, -0.1) is 0 Å². The Bertz CT molecular complexity index is 307. The zero-order chi connectivity index (χ0) is 10.6. The van der Waals surface area contributed by atoms with Gasteiger partial charge in [-0.2, -0.15) is 5.10 Å². The van der Waals surface area contributed by atoms with Crippen LogP contribution in [0.25, 0.3) is 0 Å². The molecule has 5 nitrogen and oxygen atoms in total. The van der Waals surface area contributed by atoms with Crippen LogP contribution in [0.2, 0.25) is 0 Å². The summed E-state index contributed by atoms with van der Waals surface area (Å²) < 4.78 is 1.62. The van der Waals surface area contributed by atoms with Crippen molar-refractivity contribution in [2.45, 2.75) is 25.9 Å². The van der Waals surface area contributed by atoms with Crippen molar-refractivity contribution in [2.24, 2.45) is 7.05 Å². The first-order valence-corrected chi connectivity index (χ1v) is 4.55. The smallest absolute Gasteiger partial charge is 0.225 e. The number of carbonyl (C=O) groups excluding carboxylic acids is 1. The molecular weight excluding hydrogens is 182 g/mol. The van der Waals surface area contributed by atoms with E-state index < -0.39 is 6.10 Å². The maximum atomic E-state index is 11.3. The third-order valence-electron chi connectivity index (χ3n) is 1.77. The first-order chi connectivity index (χ1) is 6.58. The molecule has 1 heterocycles. The summed E-state index contributed by atoms with van der Waals surface area (Å²) >= 11 is 0. The fraction of sp³-hybridized carbons (Fsp3) is 0.556. The van der Waals surface area contributed by atoms with Gasteiger partial charge < -0.3 is 10.4 Å². The molecule has 2 N–H and O–H groups in total. The van der Waals surface area contributed by atoms with Gasteiger partial charge in [0.25, 0.3) is 0 Å². The van der Waals surface area contributed by atoms with Crippen LogP contribution in [-0.2, 0) is 11.8 Å². The summed E-state index contributed by atoms with van der Waals surface area (Å²) in [6.45, 7) is 1.66. The summed E-state index contributed by atoms with van der Waals surface area (Å²) in [6.07, 6.45) is 2.10. The molecule has 0 bridgehead atoms. The van der Waals surface area contributed by atoms with E-state index in [2.05, 4.69) is 10.4 Å². The van der Waals surface area contributed by atoms with Gasteiger partial charge in [0.05, 0.1) is 6.10 Å². The van der Waals surface area contributed by atoms with E-state index in [1.807, 2.05) is 0 Å². The van der Waals surface area contributed by atoms with E-state index in [1.54, 1.807) is 30.9 Å². The van der Waals surface area contributed by atoms with Crippen molar-refractivity contribution in [1.29, 1.82) is 0 Å². The number of rotatable bonds is 4. The largest absolute Gasteiger partial charge is 0.393 e. The highest BCUT2D eigenvalue weighted by atomic mass is 16.3. The standard InChI is InChI=1S/C9H15N3O2/c1-7(13)3-4-9(14)10-8-5-6-12(2)11-8/h5-7,13H,3-4H2,1-2H3,(H,10,11,14). The second-order valence-electron chi connectivity index (χ2n) is 3.31. The summed E-state index contributed by atoms with van der Waals surface area (Å²) in [5, 5.41) is 15.6. The minimum atomic E-state index is -0.440. The first kappa shape index (κ1) is 10.7. The third kappa shape index (κ3) is 3.57. The van der Waals surface area contributed by atoms with Gasteiger partial charge >= 0.3 is 0 Å². The maximum Gasteiger partial charge on any atom is 0.225 e. The van der Waals surface area contributed by atoms with Gasteiger partial charge in [0.15, 0.2) is 5.82 Å². The normalized spacial score (nSPS) is 12.5. The molecule has 0 radical (unpaired) electrons. The molecule has 0 aromatic carbocycles. The molecule has 14 heavy (non-hydrogen) atoms. The van der Waals surface area contributed by atoms with Crippen molar-refractivity contribution in [3.63, 3.8) is 0 Å². The number of aliphatic hydroxyl groups is 1. The maximum absolute atomic E-state index is 11.3. The van der Waals surface area contributed by atoms with Crippen LogP contribution in [0.1, 0.15) is 19.8 Å². The molecule has 1 atom stereocenters. The molecule has 0 aliphatic heterocycles. The van der Waals surface area contributed by atoms with Crippen LogP contribution < -0.4 is 5.32 Å². The molecule has 1 rings (SSSR count). The lowest BCUT2D eigenvalue weighted by Gasteiger charge is -2.03. The number of hydrogen-bond donors (Lipinski definition) is 2. The number of hydrogen-bond acceptors (Lipinski definition) is 3. The van der Waals surface area contributed by atoms with E-state index in [1.165, 1.54) is 0 Å². The van der Waals surface area contributed by atoms with Gasteiger partial charge in [-0.25, -0.2) is 0 Å². The monoisotopic (exact) mass is 197 g/mol. The van der Waals surface area contributed by atoms with Crippen LogP contribution in [0, 0.1) is 0 Å². The van der Waals surface area contributed by atoms with E-state index >= 15 is 0 Å². The third-order valence-corrected chi connectivity index (χ3v) is 1.77. The van der Waals surface area contributed by atoms with Crippen LogP contribution in [-0.4, -0.2) is 26.9 Å². The van der Waals surface area contributed by atoms with E-state index in [4.69, 9.17) is 5.11 Å². The Morgan fingerprint density at radius 3 is 3.00 bits per heavy atom. The average Bonchev–Trinajstić information content (AvgIpc) is 2.48. The van der Waals surface area contributed by atoms with E-state index in [0.717, 1.165) is 0 Å². The van der Waals surface area contributed by atoms with Crippen molar-refractivity contribution >= 4 is 11.7 Å². The van der Waals surface area contributed by atoms with Crippen LogP contribution in [0.4, 0.5) is 5.82 Å². The first-order valence-electron chi connectivity index (χ1n) is 4.55. The summed E-state index contributed by atoms with van der Waals surface area (Å²) in [5.41, 5.74) is 0. The number of amides is 1. The van der Waals surface area contributed by atoms with Gasteiger partial charge in [0.1, 0.15) is 0 Å². The Hall–Kier alpha value is -1.36. The molecule has 0 saturated carbocycles. The highest BCUT2D eigenvalue weighted by Gasteiger charge is 2.05. The molecule has 0 fully saturated rings. The Morgan fingerprint density at radius 1 is 1.79 bits per heavy atom. The van der Waals surface area contributed by atoms with Crippen molar-refractivity contribution in [3.8, 4) is 0 Å². The lowest BCUT2D eigenvalue weighted by molar-refractivity contribution is -0.116. The van der Waals surface area contributed by atoms with E-state index in [9.17, 15) is 4.79 Å². The minimum absolute atomic E-state index is 0.121. The predicted molar refractivity (Wildman–Crippen MR) is 52.8 cm³/mol. The van der Waals surface area contributed by atoms with Gasteiger partial charge in [0, 0.05) is 25.7 Å². The highest BCUT2D eigenvalue weighted by Crippen LogP contribution is 2.03. The molecule has 1 unspecified atom stereocenters. The molecule has 0 spiro atoms. The molecule has 0 aliphatic rings. The zero-order valence-electron chi connectivity index (χ0n) is 8.40. The number of nitrogens with one attached hydrogen (secondary N) is 1. The molecular formula is C9H15N3O2. The molecule has 1 aromatic rings. The highest BCUT2D eigenvalue weighted by molar-refractivity contribution is 5.89. The SMILES string of the molecule is CC(O)CCC(=O)Nc1ccn(C)n1. The van der Waals surface area contributed by atoms with Gasteiger partial charge in [0.2, 0.25) is 5.91 Å². The number of aromatic nitrogens is 2. The van der Waals surface area contributed by atoms with Crippen LogP contribution in [0.5, 0.6) is 0 Å². The summed E-state index contributed by atoms with van der Waals surface area (Å²) in [5.74, 6) is 0.424. The van der Waals surface area contributed by atoms with Gasteiger partial charge in [-0.3, -0.25) is 9.48 Å². The quantitative estimate of drug-likeness (QED) is 0.739. The Kier molecular flexibility index (Phi) is 3.64. The van der Waals surface area contributed by atoms with Crippen LogP contribution >= 0.6 is 0 Å². The second kappa shape index (κ2) is 4.76. The lowest BCUT2D eigenvalue weighted by atomic mass is 10.2. The topological polar surface area (TPSA) is 67.2 Å². The Balaban J connectivity index is 2.34. The molecule has 1 aromatic heterocycles. The molecule has 78 valence electrons. The van der Waals surface area contributed by atoms with Crippen molar-refractivity contribution in [2.75, 3.05) is 5.32 Å². The fourth-order valence-corrected chi connectivity index (χ4v) is 1.03. The molecule has 5 heteroatoms. The van der Waals surface area contributed by atoms with Crippen molar-refractivity contribution < 1.29 is 9.90 Å². The molecule has 0 saturated heterocycles. The van der Waals surface area contributed by atoms with Crippen molar-refractivity contribution in [1.82, 2.24) is 9.78 Å². The molecule has 0 aliphatic carbocycles. The Morgan fingerprint density at radius 2 is 2.50 bits per heavy atom. The fourth-order valence-electron chi connectivity index (χ4n) is 1.03. The minimum Gasteiger partial charge on any atom is -0.393 e. The predicted octanol–water partition coefficient (Wildman–Crippen LogP) is 0.520. The number of nitrogens with zero attached hydrogens (tertiary/aromatic N) is 2. The van der Waals surface area contributed by atoms with E-state index in [-0.39, 0.29) is 5.91 Å². The number of carbonyl (C=O) groups is 1.